The van der Waals surface area contributed by atoms with Crippen LogP contribution in [0.1, 0.15) is 20.8 Å². The molecule has 0 unspecified atom stereocenters. The van der Waals surface area contributed by atoms with Crippen molar-refractivity contribution >= 4 is 17.7 Å². The Morgan fingerprint density at radius 3 is 1.47 bits per heavy atom. The smallest absolute Gasteiger partial charge is 0.331 e. The highest BCUT2D eigenvalue weighted by Gasteiger charge is 2.00. The van der Waals surface area contributed by atoms with Crippen molar-refractivity contribution in [1.29, 1.82) is 0 Å². The molecule has 0 radical (unpaired) electrons. The maximum atomic E-state index is 10.5. The molecule has 106 valence electrons. The molecule has 0 rings (SSSR count). The summed E-state index contributed by atoms with van der Waals surface area (Å²) in [6.45, 7) is 14.4. The third-order valence-electron chi connectivity index (χ3n) is 1.26. The summed E-state index contributed by atoms with van der Waals surface area (Å²) in [5.41, 5.74) is 0.194. The lowest BCUT2D eigenvalue weighted by Crippen LogP contribution is -1.98. The molecule has 5 nitrogen and oxygen atoms in total. The summed E-state index contributed by atoms with van der Waals surface area (Å²) in [6, 6.07) is 0. The van der Waals surface area contributed by atoms with Gasteiger partial charge >= 0.3 is 11.9 Å². The van der Waals surface area contributed by atoms with Gasteiger partial charge in [0.1, 0.15) is 0 Å². The Morgan fingerprint density at radius 2 is 1.32 bits per heavy atom. The molecule has 5 heteroatoms. The molecule has 0 atom stereocenters. The van der Waals surface area contributed by atoms with Crippen LogP contribution in [0.25, 0.3) is 0 Å². The molecule has 0 bridgehead atoms. The van der Waals surface area contributed by atoms with Crippen LogP contribution in [-0.4, -0.2) is 27.9 Å². The summed E-state index contributed by atoms with van der Waals surface area (Å²) in [5, 5.41) is 16.2. The molecule has 0 fully saturated rings. The SMILES string of the molecule is C=C(C)C(=O)O.C=CC.C=CC(=O)C=C(C)C(=O)O. The first kappa shape index (κ1) is 21.8. The predicted molar refractivity (Wildman–Crippen MR) is 74.9 cm³/mol. The maximum Gasteiger partial charge on any atom is 0.331 e. The van der Waals surface area contributed by atoms with E-state index in [0.29, 0.717) is 0 Å². The summed E-state index contributed by atoms with van der Waals surface area (Å²) in [4.78, 5) is 30.2. The van der Waals surface area contributed by atoms with Gasteiger partial charge in [-0.25, -0.2) is 9.59 Å². The monoisotopic (exact) mass is 268 g/mol. The highest BCUT2D eigenvalue weighted by Crippen LogP contribution is 1.92. The molecule has 0 aromatic heterocycles. The number of hydrogen-bond acceptors (Lipinski definition) is 3. The van der Waals surface area contributed by atoms with Gasteiger partial charge in [0.25, 0.3) is 0 Å². The van der Waals surface area contributed by atoms with E-state index in [1.54, 1.807) is 6.08 Å². The van der Waals surface area contributed by atoms with Crippen LogP contribution in [-0.2, 0) is 14.4 Å². The molecule has 0 aromatic rings. The van der Waals surface area contributed by atoms with Crippen molar-refractivity contribution in [1.82, 2.24) is 0 Å². The Labute approximate surface area is 113 Å². The lowest BCUT2D eigenvalue weighted by molar-refractivity contribution is -0.133. The van der Waals surface area contributed by atoms with Crippen molar-refractivity contribution in [3.63, 3.8) is 0 Å². The number of allylic oxidation sites excluding steroid dienone is 3. The molecule has 0 amide bonds. The molecule has 0 saturated heterocycles. The first-order valence-electron chi connectivity index (χ1n) is 5.17. The largest absolute Gasteiger partial charge is 0.478 e. The average Bonchev–Trinajstić information content (AvgIpc) is 2.30. The van der Waals surface area contributed by atoms with Gasteiger partial charge in [0.05, 0.1) is 0 Å². The van der Waals surface area contributed by atoms with Gasteiger partial charge in [0.15, 0.2) is 5.78 Å². The van der Waals surface area contributed by atoms with Crippen molar-refractivity contribution in [2.24, 2.45) is 0 Å². The number of rotatable bonds is 4. The van der Waals surface area contributed by atoms with Gasteiger partial charge in [0, 0.05) is 11.1 Å². The first-order valence-corrected chi connectivity index (χ1v) is 5.17. The van der Waals surface area contributed by atoms with E-state index in [4.69, 9.17) is 10.2 Å². The van der Waals surface area contributed by atoms with E-state index >= 15 is 0 Å². The quantitative estimate of drug-likeness (QED) is 0.604. The Bertz CT molecular complexity index is 377. The molecule has 0 aliphatic heterocycles. The van der Waals surface area contributed by atoms with Gasteiger partial charge in [0.2, 0.25) is 0 Å². The minimum Gasteiger partial charge on any atom is -0.478 e. The normalized spacial score (nSPS) is 8.68. The van der Waals surface area contributed by atoms with Crippen molar-refractivity contribution in [2.75, 3.05) is 0 Å². The maximum absolute atomic E-state index is 10.5. The summed E-state index contributed by atoms with van der Waals surface area (Å²) in [7, 11) is 0. The van der Waals surface area contributed by atoms with E-state index in [1.165, 1.54) is 13.8 Å². The average molecular weight is 268 g/mol. The van der Waals surface area contributed by atoms with Crippen molar-refractivity contribution in [3.8, 4) is 0 Å². The summed E-state index contributed by atoms with van der Waals surface area (Å²) in [5.74, 6) is -2.41. The molecular formula is C14H20O5. The molecule has 0 spiro atoms. The molecule has 0 saturated carbocycles. The van der Waals surface area contributed by atoms with E-state index in [2.05, 4.69) is 19.7 Å². The van der Waals surface area contributed by atoms with Gasteiger partial charge in [-0.15, -0.1) is 6.58 Å². The zero-order valence-electron chi connectivity index (χ0n) is 11.5. The number of carbonyl (C=O) groups excluding carboxylic acids is 1. The number of aliphatic carboxylic acids is 2. The fraction of sp³-hybridized carbons (Fsp3) is 0.214. The molecule has 0 aliphatic carbocycles. The van der Waals surface area contributed by atoms with Crippen LogP contribution in [0.5, 0.6) is 0 Å². The van der Waals surface area contributed by atoms with Gasteiger partial charge in [-0.05, 0) is 32.9 Å². The van der Waals surface area contributed by atoms with Crippen LogP contribution in [0.4, 0.5) is 0 Å². The highest BCUT2D eigenvalue weighted by molar-refractivity contribution is 6.03. The third kappa shape index (κ3) is 21.4. The zero-order chi connectivity index (χ0) is 16.0. The molecule has 2 N–H and O–H groups in total. The molecular weight excluding hydrogens is 248 g/mol. The molecule has 0 heterocycles. The fourth-order valence-electron chi connectivity index (χ4n) is 0.334. The predicted octanol–water partition coefficient (Wildman–Crippen LogP) is 2.61. The second-order valence-electron chi connectivity index (χ2n) is 3.23. The summed E-state index contributed by atoms with van der Waals surface area (Å²) in [6.07, 6.45) is 3.84. The summed E-state index contributed by atoms with van der Waals surface area (Å²) < 4.78 is 0. The molecule has 0 aromatic carbocycles. The van der Waals surface area contributed by atoms with Gasteiger partial charge < -0.3 is 10.2 Å². The number of carboxylic acid groups (broad SMARTS) is 2. The number of carbonyl (C=O) groups is 3. The zero-order valence-corrected chi connectivity index (χ0v) is 11.5. The van der Waals surface area contributed by atoms with Gasteiger partial charge in [-0.1, -0.05) is 19.2 Å². The van der Waals surface area contributed by atoms with Crippen LogP contribution in [0.3, 0.4) is 0 Å². The Balaban J connectivity index is -0.000000242. The standard InChI is InChI=1S/C7H8O3.C4H6O2.C3H6/c1-3-6(8)4-5(2)7(9)10;1-3(2)4(5)6;1-3-2/h3-4H,1H2,2H3,(H,9,10);1H2,2H3,(H,5,6);3H,1H2,2H3. The van der Waals surface area contributed by atoms with Gasteiger partial charge in [-0.3, -0.25) is 4.79 Å². The van der Waals surface area contributed by atoms with Crippen LogP contribution in [0.15, 0.2) is 49.1 Å². The Hall–Kier alpha value is -2.43. The second-order valence-corrected chi connectivity index (χ2v) is 3.23. The Kier molecular flexibility index (Phi) is 15.7. The topological polar surface area (TPSA) is 91.7 Å². The third-order valence-corrected chi connectivity index (χ3v) is 1.26. The van der Waals surface area contributed by atoms with E-state index < -0.39 is 11.9 Å². The van der Waals surface area contributed by atoms with Crippen molar-refractivity contribution in [3.05, 3.63) is 49.1 Å². The van der Waals surface area contributed by atoms with Crippen LogP contribution < -0.4 is 0 Å². The highest BCUT2D eigenvalue weighted by atomic mass is 16.4. The lowest BCUT2D eigenvalue weighted by atomic mass is 10.2. The van der Waals surface area contributed by atoms with Crippen LogP contribution >= 0.6 is 0 Å². The van der Waals surface area contributed by atoms with Crippen LogP contribution in [0, 0.1) is 0 Å². The number of carboxylic acids is 2. The number of ketones is 1. The molecule has 0 aliphatic rings. The fourth-order valence-corrected chi connectivity index (χ4v) is 0.334. The van der Waals surface area contributed by atoms with Crippen molar-refractivity contribution in [2.45, 2.75) is 20.8 Å². The summed E-state index contributed by atoms with van der Waals surface area (Å²) >= 11 is 0. The lowest BCUT2D eigenvalue weighted by Gasteiger charge is -1.87. The van der Waals surface area contributed by atoms with E-state index in [9.17, 15) is 14.4 Å². The van der Waals surface area contributed by atoms with Gasteiger partial charge in [-0.2, -0.15) is 0 Å². The van der Waals surface area contributed by atoms with Crippen LogP contribution in [0.2, 0.25) is 0 Å². The van der Waals surface area contributed by atoms with E-state index in [-0.39, 0.29) is 16.9 Å². The van der Waals surface area contributed by atoms with E-state index in [0.717, 1.165) is 12.2 Å². The Morgan fingerprint density at radius 1 is 1.00 bits per heavy atom. The first-order chi connectivity index (χ1) is 8.63. The minimum absolute atomic E-state index is 0.0184. The molecule has 19 heavy (non-hydrogen) atoms. The van der Waals surface area contributed by atoms with E-state index in [1.807, 2.05) is 6.92 Å². The van der Waals surface area contributed by atoms with Crippen molar-refractivity contribution < 1.29 is 24.6 Å². The second kappa shape index (κ2) is 13.6. The minimum atomic E-state index is -1.09. The number of hydrogen-bond donors (Lipinski definition) is 2.